The zero-order chi connectivity index (χ0) is 13.5. The first-order valence-electron chi connectivity index (χ1n) is 5.37. The molecule has 0 fully saturated rings. The number of primary amides is 1. The van der Waals surface area contributed by atoms with Crippen molar-refractivity contribution < 1.29 is 14.5 Å². The number of ether oxygens (including phenoxy) is 1. The number of hydrogen-bond donors (Lipinski definition) is 2. The van der Waals surface area contributed by atoms with E-state index in [4.69, 9.17) is 10.5 Å². The fourth-order valence-corrected chi connectivity index (χ4v) is 1.41. The zero-order valence-electron chi connectivity index (χ0n) is 10.0. The number of benzene rings is 1. The Hall–Kier alpha value is -2.15. The molecule has 0 aliphatic heterocycles. The van der Waals surface area contributed by atoms with Crippen LogP contribution in [0.2, 0.25) is 0 Å². The van der Waals surface area contributed by atoms with Gasteiger partial charge < -0.3 is 15.8 Å². The second-order valence-electron chi connectivity index (χ2n) is 3.64. The largest absolute Gasteiger partial charge is 0.493 e. The fourth-order valence-electron chi connectivity index (χ4n) is 1.41. The Bertz CT molecular complexity index is 448. The number of nitro benzene ring substituents is 1. The van der Waals surface area contributed by atoms with Crippen molar-refractivity contribution in [1.82, 2.24) is 5.32 Å². The quantitative estimate of drug-likeness (QED) is 0.545. The second kappa shape index (κ2) is 6.55. The maximum absolute atomic E-state index is 10.7. The summed E-state index contributed by atoms with van der Waals surface area (Å²) in [5.41, 5.74) is 5.66. The highest BCUT2D eigenvalue weighted by Crippen LogP contribution is 2.24. The van der Waals surface area contributed by atoms with Crippen LogP contribution in [-0.2, 0) is 11.3 Å². The van der Waals surface area contributed by atoms with Gasteiger partial charge in [-0.15, -0.1) is 0 Å². The molecule has 0 radical (unpaired) electrons. The summed E-state index contributed by atoms with van der Waals surface area (Å²) in [6.45, 7) is 0.595. The van der Waals surface area contributed by atoms with Gasteiger partial charge >= 0.3 is 0 Å². The van der Waals surface area contributed by atoms with Crippen LogP contribution >= 0.6 is 0 Å². The Morgan fingerprint density at radius 3 is 2.83 bits per heavy atom. The van der Waals surface area contributed by atoms with Gasteiger partial charge in [0.25, 0.3) is 5.69 Å². The van der Waals surface area contributed by atoms with E-state index in [0.717, 1.165) is 0 Å². The molecule has 0 aliphatic carbocycles. The normalized spacial score (nSPS) is 10.1. The predicted molar refractivity (Wildman–Crippen MR) is 65.2 cm³/mol. The van der Waals surface area contributed by atoms with E-state index in [1.165, 1.54) is 18.2 Å². The minimum atomic E-state index is -0.466. The van der Waals surface area contributed by atoms with Gasteiger partial charge in [0.2, 0.25) is 5.91 Å². The Labute approximate surface area is 104 Å². The molecule has 0 atom stereocenters. The SMILES string of the molecule is CNCc1cc([N+](=O)[O-])ccc1OCCC(N)=O. The molecule has 1 aromatic rings. The van der Waals surface area contributed by atoms with Crippen LogP contribution in [0.4, 0.5) is 5.69 Å². The average molecular weight is 253 g/mol. The van der Waals surface area contributed by atoms with Crippen molar-refractivity contribution in [3.63, 3.8) is 0 Å². The van der Waals surface area contributed by atoms with E-state index < -0.39 is 10.8 Å². The molecule has 1 amide bonds. The van der Waals surface area contributed by atoms with Gasteiger partial charge in [0.15, 0.2) is 0 Å². The van der Waals surface area contributed by atoms with E-state index in [1.54, 1.807) is 7.05 Å². The third-order valence-corrected chi connectivity index (χ3v) is 2.23. The molecule has 0 aliphatic rings. The van der Waals surface area contributed by atoms with Crippen LogP contribution in [-0.4, -0.2) is 24.5 Å². The number of amides is 1. The van der Waals surface area contributed by atoms with Gasteiger partial charge in [0.05, 0.1) is 18.0 Å². The van der Waals surface area contributed by atoms with Crippen molar-refractivity contribution in [2.45, 2.75) is 13.0 Å². The minimum Gasteiger partial charge on any atom is -0.493 e. The molecule has 7 nitrogen and oxygen atoms in total. The van der Waals surface area contributed by atoms with E-state index in [2.05, 4.69) is 5.32 Å². The Balaban J connectivity index is 2.82. The van der Waals surface area contributed by atoms with Crippen molar-refractivity contribution >= 4 is 11.6 Å². The number of nitro groups is 1. The summed E-state index contributed by atoms with van der Waals surface area (Å²) in [4.78, 5) is 20.8. The lowest BCUT2D eigenvalue weighted by Gasteiger charge is -2.10. The minimum absolute atomic E-state index is 0.00232. The summed E-state index contributed by atoms with van der Waals surface area (Å²) >= 11 is 0. The lowest BCUT2D eigenvalue weighted by Crippen LogP contribution is -2.15. The van der Waals surface area contributed by atoms with Crippen molar-refractivity contribution in [2.24, 2.45) is 5.73 Å². The third-order valence-electron chi connectivity index (χ3n) is 2.23. The number of nitrogens with one attached hydrogen (secondary N) is 1. The molecular weight excluding hydrogens is 238 g/mol. The van der Waals surface area contributed by atoms with E-state index in [9.17, 15) is 14.9 Å². The molecule has 0 unspecified atom stereocenters. The molecule has 3 N–H and O–H groups in total. The van der Waals surface area contributed by atoms with Crippen LogP contribution in [0, 0.1) is 10.1 Å². The highest BCUT2D eigenvalue weighted by molar-refractivity contribution is 5.73. The van der Waals surface area contributed by atoms with Gasteiger partial charge in [-0.05, 0) is 13.1 Å². The van der Waals surface area contributed by atoms with Crippen LogP contribution in [0.1, 0.15) is 12.0 Å². The van der Waals surface area contributed by atoms with Gasteiger partial charge in [-0.3, -0.25) is 14.9 Å². The molecule has 0 saturated carbocycles. The van der Waals surface area contributed by atoms with Gasteiger partial charge in [-0.1, -0.05) is 0 Å². The molecule has 0 saturated heterocycles. The van der Waals surface area contributed by atoms with Gasteiger partial charge in [0, 0.05) is 24.2 Å². The van der Waals surface area contributed by atoms with Crippen molar-refractivity contribution in [3.05, 3.63) is 33.9 Å². The first-order valence-corrected chi connectivity index (χ1v) is 5.37. The second-order valence-corrected chi connectivity index (χ2v) is 3.64. The molecule has 0 aromatic heterocycles. The maximum Gasteiger partial charge on any atom is 0.270 e. The predicted octanol–water partition coefficient (Wildman–Crippen LogP) is 0.568. The topological polar surface area (TPSA) is 107 Å². The first-order chi connectivity index (χ1) is 8.54. The van der Waals surface area contributed by atoms with Gasteiger partial charge in [-0.25, -0.2) is 0 Å². The molecule has 98 valence electrons. The first kappa shape index (κ1) is 13.9. The summed E-state index contributed by atoms with van der Waals surface area (Å²) in [5.74, 6) is 0.0586. The third kappa shape index (κ3) is 4.02. The van der Waals surface area contributed by atoms with Crippen LogP contribution < -0.4 is 15.8 Å². The molecule has 18 heavy (non-hydrogen) atoms. The van der Waals surface area contributed by atoms with E-state index in [0.29, 0.717) is 17.9 Å². The smallest absolute Gasteiger partial charge is 0.270 e. The highest BCUT2D eigenvalue weighted by atomic mass is 16.6. The van der Waals surface area contributed by atoms with E-state index in [1.807, 2.05) is 0 Å². The molecule has 0 heterocycles. The molecule has 0 bridgehead atoms. The Morgan fingerprint density at radius 1 is 1.56 bits per heavy atom. The summed E-state index contributed by atoms with van der Waals surface area (Å²) in [6.07, 6.45) is 0.107. The molecular formula is C11H15N3O4. The molecule has 0 spiro atoms. The zero-order valence-corrected chi connectivity index (χ0v) is 10.0. The van der Waals surface area contributed by atoms with E-state index >= 15 is 0 Å². The van der Waals surface area contributed by atoms with Crippen molar-refractivity contribution in [3.8, 4) is 5.75 Å². The monoisotopic (exact) mass is 253 g/mol. The lowest BCUT2D eigenvalue weighted by molar-refractivity contribution is -0.384. The van der Waals surface area contributed by atoms with Crippen molar-refractivity contribution in [1.29, 1.82) is 0 Å². The molecule has 1 aromatic carbocycles. The summed E-state index contributed by atoms with van der Waals surface area (Å²) in [7, 11) is 1.73. The summed E-state index contributed by atoms with van der Waals surface area (Å²) in [6, 6.07) is 4.32. The van der Waals surface area contributed by atoms with E-state index in [-0.39, 0.29) is 18.7 Å². The number of carbonyl (C=O) groups excluding carboxylic acids is 1. The Morgan fingerprint density at radius 2 is 2.28 bits per heavy atom. The summed E-state index contributed by atoms with van der Waals surface area (Å²) < 4.78 is 5.37. The highest BCUT2D eigenvalue weighted by Gasteiger charge is 2.11. The molecule has 1 rings (SSSR count). The number of nitrogens with two attached hydrogens (primary N) is 1. The van der Waals surface area contributed by atoms with Gasteiger partial charge in [-0.2, -0.15) is 0 Å². The van der Waals surface area contributed by atoms with Crippen LogP contribution in [0.25, 0.3) is 0 Å². The van der Waals surface area contributed by atoms with Crippen LogP contribution in [0.5, 0.6) is 5.75 Å². The average Bonchev–Trinajstić information content (AvgIpc) is 2.30. The van der Waals surface area contributed by atoms with Gasteiger partial charge in [0.1, 0.15) is 5.75 Å². The van der Waals surface area contributed by atoms with Crippen molar-refractivity contribution in [2.75, 3.05) is 13.7 Å². The lowest BCUT2D eigenvalue weighted by atomic mass is 10.1. The number of carbonyl (C=O) groups is 1. The summed E-state index contributed by atoms with van der Waals surface area (Å²) in [5, 5.41) is 13.6. The standard InChI is InChI=1S/C11H15N3O4/c1-13-7-8-6-9(14(16)17)2-3-10(8)18-5-4-11(12)15/h2-3,6,13H,4-5,7H2,1H3,(H2,12,15). The van der Waals surface area contributed by atoms with Crippen LogP contribution in [0.3, 0.4) is 0 Å². The maximum atomic E-state index is 10.7. The Kier molecular flexibility index (Phi) is 5.06. The molecule has 7 heteroatoms. The number of non-ortho nitro benzene ring substituents is 1. The number of hydrogen-bond acceptors (Lipinski definition) is 5. The number of rotatable bonds is 7. The van der Waals surface area contributed by atoms with Crippen LogP contribution in [0.15, 0.2) is 18.2 Å². The fraction of sp³-hybridized carbons (Fsp3) is 0.364. The number of nitrogens with zero attached hydrogens (tertiary/aromatic N) is 1.